The first-order valence-electron chi connectivity index (χ1n) is 7.15. The van der Waals surface area contributed by atoms with Crippen LogP contribution in [0.3, 0.4) is 0 Å². The van der Waals surface area contributed by atoms with Crippen molar-refractivity contribution >= 4 is 5.95 Å². The van der Waals surface area contributed by atoms with Crippen molar-refractivity contribution in [2.75, 3.05) is 44.7 Å². The highest BCUT2D eigenvalue weighted by Gasteiger charge is 2.19. The van der Waals surface area contributed by atoms with Gasteiger partial charge in [-0.15, -0.1) is 0 Å². The minimum Gasteiger partial charge on any atom is -0.337 e. The molecule has 1 unspecified atom stereocenters. The Morgan fingerprint density at radius 3 is 2.68 bits per heavy atom. The van der Waals surface area contributed by atoms with E-state index in [4.69, 9.17) is 10.3 Å². The van der Waals surface area contributed by atoms with E-state index in [2.05, 4.69) is 33.9 Å². The second kappa shape index (κ2) is 6.86. The molecule has 0 bridgehead atoms. The topological polar surface area (TPSA) is 71.4 Å². The molecular weight excluding hydrogens is 242 g/mol. The number of anilines is 1. The molecule has 1 aromatic rings. The van der Waals surface area contributed by atoms with E-state index in [0.29, 0.717) is 5.92 Å². The highest BCUT2D eigenvalue weighted by Crippen LogP contribution is 2.15. The summed E-state index contributed by atoms with van der Waals surface area (Å²) in [6.45, 7) is 7.01. The van der Waals surface area contributed by atoms with Crippen LogP contribution in [0.4, 0.5) is 5.95 Å². The van der Waals surface area contributed by atoms with Crippen molar-refractivity contribution in [3.63, 3.8) is 0 Å². The van der Waals surface area contributed by atoms with Gasteiger partial charge in [-0.3, -0.25) is 0 Å². The smallest absolute Gasteiger partial charge is 0.266 e. The Morgan fingerprint density at radius 2 is 2.00 bits per heavy atom. The molecule has 0 saturated carbocycles. The largest absolute Gasteiger partial charge is 0.337 e. The van der Waals surface area contributed by atoms with Gasteiger partial charge in [-0.25, -0.2) is 0 Å². The van der Waals surface area contributed by atoms with Crippen LogP contribution in [0.5, 0.6) is 0 Å². The summed E-state index contributed by atoms with van der Waals surface area (Å²) in [6.07, 6.45) is 2.96. The molecule has 19 heavy (non-hydrogen) atoms. The molecule has 1 fully saturated rings. The van der Waals surface area contributed by atoms with E-state index in [1.807, 2.05) is 0 Å². The summed E-state index contributed by atoms with van der Waals surface area (Å²) in [5, 5.41) is 4.09. The minimum absolute atomic E-state index is 0.615. The number of nitrogens with zero attached hydrogens (tertiary/aromatic N) is 4. The zero-order valence-electron chi connectivity index (χ0n) is 12.0. The Hall–Kier alpha value is -1.14. The molecule has 1 atom stereocenters. The molecule has 1 saturated heterocycles. The van der Waals surface area contributed by atoms with E-state index in [-0.39, 0.29) is 0 Å². The number of piperazine rings is 1. The number of likely N-dealkylation sites (N-methyl/N-ethyl adjacent to an activating group) is 1. The molecule has 0 aliphatic carbocycles. The Balaban J connectivity index is 1.81. The molecule has 1 aliphatic heterocycles. The van der Waals surface area contributed by atoms with Gasteiger partial charge in [-0.05, 0) is 37.5 Å². The van der Waals surface area contributed by atoms with E-state index in [9.17, 15) is 0 Å². The van der Waals surface area contributed by atoms with E-state index >= 15 is 0 Å². The molecular formula is C13H25N5O. The molecule has 1 aliphatic rings. The molecule has 0 spiro atoms. The van der Waals surface area contributed by atoms with Crippen LogP contribution in [0.1, 0.15) is 25.7 Å². The van der Waals surface area contributed by atoms with Crippen LogP contribution < -0.4 is 10.6 Å². The van der Waals surface area contributed by atoms with Gasteiger partial charge in [0.05, 0.1) is 0 Å². The Bertz CT molecular complexity index is 373. The van der Waals surface area contributed by atoms with E-state index < -0.39 is 0 Å². The zero-order chi connectivity index (χ0) is 13.7. The third kappa shape index (κ3) is 4.18. The van der Waals surface area contributed by atoms with Crippen LogP contribution in [-0.4, -0.2) is 54.8 Å². The standard InChI is InChI=1S/C13H25N5O/c1-11(5-6-14)3-4-12-15-13(16-19-12)18-9-7-17(2)8-10-18/h11H,3-10,14H2,1-2H3. The van der Waals surface area contributed by atoms with Crippen LogP contribution >= 0.6 is 0 Å². The van der Waals surface area contributed by atoms with Gasteiger partial charge in [0.15, 0.2) is 0 Å². The van der Waals surface area contributed by atoms with E-state index in [0.717, 1.165) is 63.8 Å². The van der Waals surface area contributed by atoms with Crippen LogP contribution in [0.25, 0.3) is 0 Å². The number of hydrogen-bond donors (Lipinski definition) is 1. The summed E-state index contributed by atoms with van der Waals surface area (Å²) < 4.78 is 5.33. The maximum Gasteiger partial charge on any atom is 0.266 e. The third-order valence-electron chi connectivity index (χ3n) is 3.75. The lowest BCUT2D eigenvalue weighted by Gasteiger charge is -2.31. The fourth-order valence-electron chi connectivity index (χ4n) is 2.28. The summed E-state index contributed by atoms with van der Waals surface area (Å²) in [6, 6.07) is 0. The quantitative estimate of drug-likeness (QED) is 0.819. The third-order valence-corrected chi connectivity index (χ3v) is 3.75. The number of nitrogens with two attached hydrogens (primary N) is 1. The van der Waals surface area contributed by atoms with Gasteiger partial charge in [0.1, 0.15) is 0 Å². The van der Waals surface area contributed by atoms with Gasteiger partial charge in [0.25, 0.3) is 5.95 Å². The highest BCUT2D eigenvalue weighted by molar-refractivity contribution is 5.28. The molecule has 2 rings (SSSR count). The average Bonchev–Trinajstić information content (AvgIpc) is 2.86. The summed E-state index contributed by atoms with van der Waals surface area (Å²) in [4.78, 5) is 8.99. The fraction of sp³-hybridized carbons (Fsp3) is 0.846. The molecule has 0 aromatic carbocycles. The monoisotopic (exact) mass is 267 g/mol. The Labute approximate surface area is 114 Å². The van der Waals surface area contributed by atoms with Crippen molar-refractivity contribution in [1.29, 1.82) is 0 Å². The predicted octanol–water partition coefficient (Wildman–Crippen LogP) is 0.739. The molecule has 6 heteroatoms. The lowest BCUT2D eigenvalue weighted by atomic mass is 10.0. The first-order chi connectivity index (χ1) is 9.19. The van der Waals surface area contributed by atoms with Crippen molar-refractivity contribution < 1.29 is 4.52 Å². The minimum atomic E-state index is 0.615. The van der Waals surface area contributed by atoms with E-state index in [1.165, 1.54) is 0 Å². The van der Waals surface area contributed by atoms with E-state index in [1.54, 1.807) is 0 Å². The van der Waals surface area contributed by atoms with Gasteiger partial charge >= 0.3 is 0 Å². The highest BCUT2D eigenvalue weighted by atomic mass is 16.5. The van der Waals surface area contributed by atoms with Crippen molar-refractivity contribution in [3.8, 4) is 0 Å². The van der Waals surface area contributed by atoms with Crippen molar-refractivity contribution in [1.82, 2.24) is 15.0 Å². The van der Waals surface area contributed by atoms with Gasteiger partial charge < -0.3 is 20.1 Å². The zero-order valence-corrected chi connectivity index (χ0v) is 12.0. The van der Waals surface area contributed by atoms with Gasteiger partial charge in [0.2, 0.25) is 5.89 Å². The fourth-order valence-corrected chi connectivity index (χ4v) is 2.28. The van der Waals surface area contributed by atoms with Crippen molar-refractivity contribution in [2.24, 2.45) is 11.7 Å². The molecule has 2 heterocycles. The van der Waals surface area contributed by atoms with Crippen molar-refractivity contribution in [3.05, 3.63) is 5.89 Å². The van der Waals surface area contributed by atoms with Gasteiger partial charge in [0, 0.05) is 32.6 Å². The molecule has 108 valence electrons. The Kier molecular flexibility index (Phi) is 5.15. The van der Waals surface area contributed by atoms with Crippen LogP contribution in [0.2, 0.25) is 0 Å². The van der Waals surface area contributed by atoms with Crippen LogP contribution in [-0.2, 0) is 6.42 Å². The number of aryl methyl sites for hydroxylation is 1. The van der Waals surface area contributed by atoms with Gasteiger partial charge in [-0.2, -0.15) is 4.98 Å². The number of hydrogen-bond acceptors (Lipinski definition) is 6. The lowest BCUT2D eigenvalue weighted by molar-refractivity contribution is 0.308. The lowest BCUT2D eigenvalue weighted by Crippen LogP contribution is -2.44. The predicted molar refractivity (Wildman–Crippen MR) is 75.2 cm³/mol. The number of rotatable bonds is 6. The van der Waals surface area contributed by atoms with Crippen molar-refractivity contribution in [2.45, 2.75) is 26.2 Å². The summed E-state index contributed by atoms with van der Waals surface area (Å²) in [5.41, 5.74) is 5.55. The SMILES string of the molecule is CC(CCN)CCc1nc(N2CCN(C)CC2)no1. The average molecular weight is 267 g/mol. The second-order valence-electron chi connectivity index (χ2n) is 5.50. The summed E-state index contributed by atoms with van der Waals surface area (Å²) in [7, 11) is 2.14. The van der Waals surface area contributed by atoms with Gasteiger partial charge in [-0.1, -0.05) is 6.92 Å². The van der Waals surface area contributed by atoms with Crippen LogP contribution in [0, 0.1) is 5.92 Å². The first kappa shape index (κ1) is 14.3. The second-order valence-corrected chi connectivity index (χ2v) is 5.50. The maximum absolute atomic E-state index is 5.55. The Morgan fingerprint density at radius 1 is 1.26 bits per heavy atom. The summed E-state index contributed by atoms with van der Waals surface area (Å²) >= 11 is 0. The normalized spacial score (nSPS) is 18.8. The summed E-state index contributed by atoms with van der Waals surface area (Å²) in [5.74, 6) is 2.11. The molecule has 2 N–H and O–H groups in total. The molecule has 0 radical (unpaired) electrons. The molecule has 1 aromatic heterocycles. The maximum atomic E-state index is 5.55. The number of aromatic nitrogens is 2. The first-order valence-corrected chi connectivity index (χ1v) is 7.15. The molecule has 0 amide bonds. The molecule has 6 nitrogen and oxygen atoms in total. The van der Waals surface area contributed by atoms with Crippen LogP contribution in [0.15, 0.2) is 4.52 Å².